The maximum Gasteiger partial charge on any atom is 0.137 e. The molecule has 2 heterocycles. The van der Waals surface area contributed by atoms with E-state index in [9.17, 15) is 0 Å². The van der Waals surface area contributed by atoms with Gasteiger partial charge in [-0.1, -0.05) is 0 Å². The molecule has 6 nitrogen and oxygen atoms in total. The van der Waals surface area contributed by atoms with Gasteiger partial charge < -0.3 is 20.9 Å². The molecular weight excluding hydrogens is 228 g/mol. The van der Waals surface area contributed by atoms with Gasteiger partial charge in [-0.25, -0.2) is 9.97 Å². The number of anilines is 3. The van der Waals surface area contributed by atoms with Gasteiger partial charge in [0.1, 0.15) is 23.3 Å². The lowest BCUT2D eigenvalue weighted by molar-refractivity contribution is 0.820. The maximum absolute atomic E-state index is 4.34. The molecule has 0 spiro atoms. The average molecular weight is 246 g/mol. The molecule has 6 heteroatoms. The third-order valence-corrected chi connectivity index (χ3v) is 2.38. The van der Waals surface area contributed by atoms with Crippen molar-refractivity contribution in [3.63, 3.8) is 0 Å². The van der Waals surface area contributed by atoms with E-state index in [1.807, 2.05) is 38.4 Å². The van der Waals surface area contributed by atoms with Crippen LogP contribution in [-0.2, 0) is 0 Å². The van der Waals surface area contributed by atoms with E-state index in [0.29, 0.717) is 0 Å². The van der Waals surface area contributed by atoms with E-state index in [-0.39, 0.29) is 0 Å². The fraction of sp³-hybridized carbons (Fsp3) is 0.333. The van der Waals surface area contributed by atoms with Crippen LogP contribution in [0, 0.1) is 6.92 Å². The van der Waals surface area contributed by atoms with Crippen LogP contribution in [0.2, 0.25) is 0 Å². The van der Waals surface area contributed by atoms with Crippen LogP contribution in [0.5, 0.6) is 0 Å². The molecule has 0 aliphatic heterocycles. The standard InChI is InChI=1S/C12H18N6/c1-9-16-11(15-7-6-13-2)8-12(17-9)18-10-4-3-5-14-10/h3-5,8,13-14H,6-7H2,1-2H3,(H2,15,16,17,18). The van der Waals surface area contributed by atoms with E-state index in [1.54, 1.807) is 0 Å². The summed E-state index contributed by atoms with van der Waals surface area (Å²) in [6.07, 6.45) is 1.86. The first kappa shape index (κ1) is 12.4. The van der Waals surface area contributed by atoms with Crippen LogP contribution in [-0.4, -0.2) is 35.1 Å². The number of rotatable bonds is 6. The number of hydrogen-bond acceptors (Lipinski definition) is 5. The molecular formula is C12H18N6. The summed E-state index contributed by atoms with van der Waals surface area (Å²) in [6, 6.07) is 5.78. The predicted octanol–water partition coefficient (Wildman–Crippen LogP) is 1.49. The second-order valence-corrected chi connectivity index (χ2v) is 3.92. The quantitative estimate of drug-likeness (QED) is 0.581. The molecule has 0 radical (unpaired) electrons. The first-order chi connectivity index (χ1) is 8.78. The Balaban J connectivity index is 2.06. The Kier molecular flexibility index (Phi) is 4.14. The van der Waals surface area contributed by atoms with E-state index >= 15 is 0 Å². The first-order valence-electron chi connectivity index (χ1n) is 5.92. The van der Waals surface area contributed by atoms with Gasteiger partial charge >= 0.3 is 0 Å². The molecule has 0 fully saturated rings. The smallest absolute Gasteiger partial charge is 0.137 e. The van der Waals surface area contributed by atoms with Crippen molar-refractivity contribution in [3.05, 3.63) is 30.2 Å². The normalized spacial score (nSPS) is 10.3. The molecule has 0 atom stereocenters. The number of nitrogens with one attached hydrogen (secondary N) is 4. The van der Waals surface area contributed by atoms with Gasteiger partial charge in [-0.05, 0) is 26.1 Å². The van der Waals surface area contributed by atoms with Crippen molar-refractivity contribution < 1.29 is 0 Å². The number of nitrogens with zero attached hydrogens (tertiary/aromatic N) is 2. The summed E-state index contributed by atoms with van der Waals surface area (Å²) in [4.78, 5) is 11.7. The fourth-order valence-electron chi connectivity index (χ4n) is 1.58. The molecule has 0 aromatic carbocycles. The van der Waals surface area contributed by atoms with E-state index in [2.05, 4.69) is 30.9 Å². The zero-order valence-electron chi connectivity index (χ0n) is 10.6. The molecule has 96 valence electrons. The van der Waals surface area contributed by atoms with E-state index in [0.717, 1.165) is 36.4 Å². The molecule has 0 aliphatic carbocycles. The topological polar surface area (TPSA) is 77.7 Å². The number of aromatic amines is 1. The molecule has 18 heavy (non-hydrogen) atoms. The zero-order chi connectivity index (χ0) is 12.8. The maximum atomic E-state index is 4.34. The second kappa shape index (κ2) is 6.02. The minimum Gasteiger partial charge on any atom is -0.369 e. The number of aromatic nitrogens is 3. The van der Waals surface area contributed by atoms with Gasteiger partial charge in [-0.3, -0.25) is 0 Å². The Hall–Kier alpha value is -2.08. The summed E-state index contributed by atoms with van der Waals surface area (Å²) in [7, 11) is 1.92. The minimum absolute atomic E-state index is 0.735. The van der Waals surface area contributed by atoms with Gasteiger partial charge in [-0.15, -0.1) is 0 Å². The Labute approximate surface area is 106 Å². The summed E-state index contributed by atoms with van der Waals surface area (Å²) in [6.45, 7) is 3.60. The Morgan fingerprint density at radius 3 is 2.78 bits per heavy atom. The second-order valence-electron chi connectivity index (χ2n) is 3.92. The van der Waals surface area contributed by atoms with Crippen molar-refractivity contribution in [1.29, 1.82) is 0 Å². The van der Waals surface area contributed by atoms with E-state index < -0.39 is 0 Å². The van der Waals surface area contributed by atoms with Crippen molar-refractivity contribution in [2.75, 3.05) is 30.8 Å². The van der Waals surface area contributed by atoms with Crippen molar-refractivity contribution >= 4 is 17.5 Å². The summed E-state index contributed by atoms with van der Waals surface area (Å²) in [5.41, 5.74) is 0. The number of H-pyrrole nitrogens is 1. The van der Waals surface area contributed by atoms with Crippen LogP contribution < -0.4 is 16.0 Å². The highest BCUT2D eigenvalue weighted by Crippen LogP contribution is 2.15. The Bertz CT molecular complexity index is 479. The molecule has 0 saturated carbocycles. The lowest BCUT2D eigenvalue weighted by atomic mass is 10.4. The van der Waals surface area contributed by atoms with Crippen molar-refractivity contribution in [2.24, 2.45) is 0 Å². The zero-order valence-corrected chi connectivity index (χ0v) is 10.6. The van der Waals surface area contributed by atoms with Crippen molar-refractivity contribution in [1.82, 2.24) is 20.3 Å². The Morgan fingerprint density at radius 2 is 2.06 bits per heavy atom. The van der Waals surface area contributed by atoms with Crippen LogP contribution in [0.25, 0.3) is 0 Å². The van der Waals surface area contributed by atoms with Crippen molar-refractivity contribution in [3.8, 4) is 0 Å². The highest BCUT2D eigenvalue weighted by Gasteiger charge is 2.02. The lowest BCUT2D eigenvalue weighted by Gasteiger charge is -2.09. The Morgan fingerprint density at radius 1 is 1.22 bits per heavy atom. The highest BCUT2D eigenvalue weighted by atomic mass is 15.1. The molecule has 0 bridgehead atoms. The number of aryl methyl sites for hydroxylation is 1. The van der Waals surface area contributed by atoms with Crippen LogP contribution >= 0.6 is 0 Å². The van der Waals surface area contributed by atoms with Crippen LogP contribution in [0.15, 0.2) is 24.4 Å². The minimum atomic E-state index is 0.735. The average Bonchev–Trinajstić information content (AvgIpc) is 2.81. The monoisotopic (exact) mass is 246 g/mol. The van der Waals surface area contributed by atoms with Gasteiger partial charge in [0.05, 0.1) is 0 Å². The highest BCUT2D eigenvalue weighted by molar-refractivity contribution is 5.56. The van der Waals surface area contributed by atoms with Gasteiger partial charge in [0.15, 0.2) is 0 Å². The third-order valence-electron chi connectivity index (χ3n) is 2.38. The van der Waals surface area contributed by atoms with Gasteiger partial charge in [0, 0.05) is 25.4 Å². The molecule has 4 N–H and O–H groups in total. The van der Waals surface area contributed by atoms with E-state index in [4.69, 9.17) is 0 Å². The fourth-order valence-corrected chi connectivity index (χ4v) is 1.58. The van der Waals surface area contributed by atoms with Crippen LogP contribution in [0.4, 0.5) is 17.5 Å². The number of likely N-dealkylation sites (N-methyl/N-ethyl adjacent to an activating group) is 1. The number of hydrogen-bond donors (Lipinski definition) is 4. The first-order valence-corrected chi connectivity index (χ1v) is 5.92. The third kappa shape index (κ3) is 3.46. The molecule has 2 aromatic heterocycles. The molecule has 0 saturated heterocycles. The van der Waals surface area contributed by atoms with Crippen LogP contribution in [0.3, 0.4) is 0 Å². The van der Waals surface area contributed by atoms with Crippen molar-refractivity contribution in [2.45, 2.75) is 6.92 Å². The molecule has 0 unspecified atom stereocenters. The molecule has 0 aliphatic rings. The SMILES string of the molecule is CNCCNc1cc(Nc2ccc[nH]2)nc(C)n1. The summed E-state index contributed by atoms with van der Waals surface area (Å²) < 4.78 is 0. The largest absolute Gasteiger partial charge is 0.369 e. The van der Waals surface area contributed by atoms with Gasteiger partial charge in [0.25, 0.3) is 0 Å². The van der Waals surface area contributed by atoms with E-state index in [1.165, 1.54) is 0 Å². The summed E-state index contributed by atoms with van der Waals surface area (Å²) in [5.74, 6) is 3.25. The molecule has 0 amide bonds. The molecule has 2 aromatic rings. The van der Waals surface area contributed by atoms with Gasteiger partial charge in [-0.2, -0.15) is 0 Å². The molecule has 2 rings (SSSR count). The lowest BCUT2D eigenvalue weighted by Crippen LogP contribution is -2.18. The van der Waals surface area contributed by atoms with Crippen LogP contribution in [0.1, 0.15) is 5.82 Å². The summed E-state index contributed by atoms with van der Waals surface area (Å²) >= 11 is 0. The summed E-state index contributed by atoms with van der Waals surface area (Å²) in [5, 5.41) is 9.51. The van der Waals surface area contributed by atoms with Gasteiger partial charge in [0.2, 0.25) is 0 Å². The predicted molar refractivity (Wildman–Crippen MR) is 73.3 cm³/mol.